The van der Waals surface area contributed by atoms with Crippen LogP contribution in [0, 0.1) is 17.1 Å². The van der Waals surface area contributed by atoms with Gasteiger partial charge in [0.05, 0.1) is 6.54 Å². The molecule has 174 valence electrons. The van der Waals surface area contributed by atoms with E-state index >= 15 is 0 Å². The molecule has 0 spiro atoms. The van der Waals surface area contributed by atoms with Gasteiger partial charge in [-0.25, -0.2) is 4.39 Å². The Morgan fingerprint density at radius 2 is 1.63 bits per heavy atom. The van der Waals surface area contributed by atoms with Crippen LogP contribution in [0.25, 0.3) is 6.08 Å². The van der Waals surface area contributed by atoms with Crippen LogP contribution in [0.4, 0.5) is 4.39 Å². The smallest absolute Gasteiger partial charge is 0.271 e. The minimum Gasteiger partial charge on any atom is -0.489 e. The number of hydrogen-bond donors (Lipinski definition) is 0. The van der Waals surface area contributed by atoms with Gasteiger partial charge in [-0.15, -0.1) is 0 Å². The van der Waals surface area contributed by atoms with Crippen molar-refractivity contribution in [1.82, 2.24) is 4.90 Å². The molecule has 0 atom stereocenters. The van der Waals surface area contributed by atoms with Gasteiger partial charge >= 0.3 is 0 Å². The van der Waals surface area contributed by atoms with Crippen molar-refractivity contribution in [1.29, 1.82) is 5.26 Å². The molecule has 0 fully saturated rings. The summed E-state index contributed by atoms with van der Waals surface area (Å²) in [6, 6.07) is 22.1. The van der Waals surface area contributed by atoms with Crippen LogP contribution in [0.5, 0.6) is 5.75 Å². The maximum absolute atomic E-state index is 13.8. The Labute approximate surface area is 207 Å². The zero-order valence-corrected chi connectivity index (χ0v) is 19.6. The summed E-state index contributed by atoms with van der Waals surface area (Å²) in [4.78, 5) is 27.2. The molecule has 0 aromatic heterocycles. The third-order valence-corrected chi connectivity index (χ3v) is 6.02. The Balaban J connectivity index is 1.58. The summed E-state index contributed by atoms with van der Waals surface area (Å²) in [5.41, 5.74) is 2.19. The van der Waals surface area contributed by atoms with Crippen molar-refractivity contribution in [3.05, 3.63) is 117 Å². The number of nitriles is 1. The second-order valence-corrected chi connectivity index (χ2v) is 8.31. The lowest BCUT2D eigenvalue weighted by atomic mass is 9.93. The fourth-order valence-corrected chi connectivity index (χ4v) is 3.87. The number of hydrogen-bond acceptors (Lipinski definition) is 4. The highest BCUT2D eigenvalue weighted by atomic mass is 35.5. The number of halogens is 2. The second kappa shape index (κ2) is 10.4. The summed E-state index contributed by atoms with van der Waals surface area (Å²) < 4.78 is 19.4. The minimum absolute atomic E-state index is 0.0457. The quantitative estimate of drug-likeness (QED) is 0.323. The van der Waals surface area contributed by atoms with E-state index in [9.17, 15) is 19.2 Å². The standard InChI is InChI=1S/C28H20ClFN2O3/c1-18-23(14-19-10-12-22(13-11-19)35-17-21-7-3-5-9-26(21)30)27(33)32(28(34)24(18)15-31)16-20-6-2-4-8-25(20)29/h2-14H,16-17H2,1H3/b23-14+. The van der Waals surface area contributed by atoms with Gasteiger partial charge in [-0.2, -0.15) is 5.26 Å². The highest BCUT2D eigenvalue weighted by Crippen LogP contribution is 2.29. The molecule has 3 aromatic rings. The molecule has 5 nitrogen and oxygen atoms in total. The molecule has 1 heterocycles. The zero-order chi connectivity index (χ0) is 24.9. The average molecular weight is 487 g/mol. The summed E-state index contributed by atoms with van der Waals surface area (Å²) in [6.45, 7) is 1.62. The first-order valence-electron chi connectivity index (χ1n) is 10.8. The lowest BCUT2D eigenvalue weighted by molar-refractivity contribution is -0.141. The molecule has 0 saturated heterocycles. The number of carbonyl (C=O) groups excluding carboxylic acids is 2. The Morgan fingerprint density at radius 3 is 2.29 bits per heavy atom. The van der Waals surface area contributed by atoms with Crippen molar-refractivity contribution in [2.24, 2.45) is 0 Å². The van der Waals surface area contributed by atoms with Crippen molar-refractivity contribution in [2.45, 2.75) is 20.1 Å². The van der Waals surface area contributed by atoms with E-state index in [0.29, 0.717) is 33.0 Å². The van der Waals surface area contributed by atoms with Gasteiger partial charge in [0, 0.05) is 16.2 Å². The number of ether oxygens (including phenoxy) is 1. The van der Waals surface area contributed by atoms with Crippen molar-refractivity contribution in [2.75, 3.05) is 0 Å². The molecule has 0 unspecified atom stereocenters. The van der Waals surface area contributed by atoms with E-state index in [0.717, 1.165) is 4.90 Å². The third kappa shape index (κ3) is 5.16. The van der Waals surface area contributed by atoms with Crippen LogP contribution in [0.2, 0.25) is 5.02 Å². The van der Waals surface area contributed by atoms with Crippen LogP contribution in [0.3, 0.4) is 0 Å². The third-order valence-electron chi connectivity index (χ3n) is 5.65. The van der Waals surface area contributed by atoms with Gasteiger partial charge in [0.2, 0.25) is 0 Å². The van der Waals surface area contributed by atoms with Crippen LogP contribution in [-0.4, -0.2) is 16.7 Å². The topological polar surface area (TPSA) is 70.4 Å². The number of imide groups is 1. The number of nitrogens with zero attached hydrogens (tertiary/aromatic N) is 2. The average Bonchev–Trinajstić information content (AvgIpc) is 2.86. The van der Waals surface area contributed by atoms with E-state index in [1.54, 1.807) is 79.7 Å². The fraction of sp³-hybridized carbons (Fsp3) is 0.107. The lowest BCUT2D eigenvalue weighted by Crippen LogP contribution is -2.42. The van der Waals surface area contributed by atoms with Gasteiger partial charge in [0.15, 0.2) is 0 Å². The molecular formula is C28H20ClFN2O3. The first-order chi connectivity index (χ1) is 16.9. The highest BCUT2D eigenvalue weighted by molar-refractivity contribution is 6.31. The van der Waals surface area contributed by atoms with Gasteiger partial charge in [-0.05, 0) is 54.0 Å². The number of benzene rings is 3. The molecule has 0 saturated carbocycles. The van der Waals surface area contributed by atoms with E-state index in [1.807, 2.05) is 6.07 Å². The van der Waals surface area contributed by atoms with Crippen molar-refractivity contribution in [3.63, 3.8) is 0 Å². The molecule has 2 amide bonds. The molecule has 3 aromatic carbocycles. The van der Waals surface area contributed by atoms with Gasteiger partial charge in [0.25, 0.3) is 11.8 Å². The predicted octanol–water partition coefficient (Wildman–Crippen LogP) is 5.85. The monoisotopic (exact) mass is 486 g/mol. The summed E-state index contributed by atoms with van der Waals surface area (Å²) in [7, 11) is 0. The Bertz CT molecular complexity index is 1400. The minimum atomic E-state index is -0.649. The number of rotatable bonds is 6. The molecule has 7 heteroatoms. The molecule has 0 N–H and O–H groups in total. The van der Waals surface area contributed by atoms with Crippen LogP contribution < -0.4 is 4.74 Å². The first kappa shape index (κ1) is 23.9. The highest BCUT2D eigenvalue weighted by Gasteiger charge is 2.35. The molecule has 35 heavy (non-hydrogen) atoms. The maximum Gasteiger partial charge on any atom is 0.271 e. The van der Waals surface area contributed by atoms with E-state index in [4.69, 9.17) is 16.3 Å². The van der Waals surface area contributed by atoms with E-state index in [1.165, 1.54) is 6.07 Å². The Hall–Kier alpha value is -4.21. The van der Waals surface area contributed by atoms with Crippen LogP contribution in [0.15, 0.2) is 89.5 Å². The molecule has 1 aliphatic heterocycles. The Morgan fingerprint density at radius 1 is 0.971 bits per heavy atom. The number of carbonyl (C=O) groups is 2. The summed E-state index contributed by atoms with van der Waals surface area (Å²) in [5.74, 6) is -0.961. The number of amides is 2. The predicted molar refractivity (Wildman–Crippen MR) is 130 cm³/mol. The Kier molecular flexibility index (Phi) is 7.09. The van der Waals surface area contributed by atoms with Crippen molar-refractivity contribution < 1.29 is 18.7 Å². The largest absolute Gasteiger partial charge is 0.489 e. The fourth-order valence-electron chi connectivity index (χ4n) is 3.67. The normalized spacial score (nSPS) is 14.9. The molecule has 0 aliphatic carbocycles. The SMILES string of the molecule is CC1=C(C#N)C(=O)N(Cc2ccccc2Cl)C(=O)/C1=C/c1ccc(OCc2ccccc2F)cc1. The lowest BCUT2D eigenvalue weighted by Gasteiger charge is -2.27. The zero-order valence-electron chi connectivity index (χ0n) is 18.8. The van der Waals surface area contributed by atoms with Gasteiger partial charge in [-0.3, -0.25) is 14.5 Å². The maximum atomic E-state index is 13.8. The van der Waals surface area contributed by atoms with E-state index < -0.39 is 11.8 Å². The van der Waals surface area contributed by atoms with Crippen LogP contribution in [0.1, 0.15) is 23.6 Å². The van der Waals surface area contributed by atoms with Crippen LogP contribution in [-0.2, 0) is 22.7 Å². The van der Waals surface area contributed by atoms with E-state index in [2.05, 4.69) is 0 Å². The molecular weight excluding hydrogens is 467 g/mol. The molecule has 0 bridgehead atoms. The second-order valence-electron chi connectivity index (χ2n) is 7.91. The van der Waals surface area contributed by atoms with Gasteiger partial charge in [-0.1, -0.05) is 60.1 Å². The summed E-state index contributed by atoms with van der Waals surface area (Å²) in [6.07, 6.45) is 1.63. The first-order valence-corrected chi connectivity index (χ1v) is 11.2. The molecule has 1 aliphatic rings. The van der Waals surface area contributed by atoms with Crippen LogP contribution >= 0.6 is 11.6 Å². The van der Waals surface area contributed by atoms with Gasteiger partial charge in [0.1, 0.15) is 29.8 Å². The van der Waals surface area contributed by atoms with E-state index in [-0.39, 0.29) is 30.1 Å². The van der Waals surface area contributed by atoms with Crippen molar-refractivity contribution in [3.8, 4) is 11.8 Å². The molecule has 0 radical (unpaired) electrons. The molecule has 4 rings (SSSR count). The van der Waals surface area contributed by atoms with Gasteiger partial charge < -0.3 is 4.74 Å². The summed E-state index contributed by atoms with van der Waals surface area (Å²) >= 11 is 6.22. The summed E-state index contributed by atoms with van der Waals surface area (Å²) in [5, 5.41) is 10.0. The van der Waals surface area contributed by atoms with Crippen molar-refractivity contribution >= 4 is 29.5 Å².